The van der Waals surface area contributed by atoms with Gasteiger partial charge in [0.05, 0.1) is 0 Å². The van der Waals surface area contributed by atoms with Gasteiger partial charge in [-0.1, -0.05) is 0 Å². The molecule has 0 rings (SSSR count). The molecule has 0 aliphatic heterocycles. The van der Waals surface area contributed by atoms with E-state index < -0.39 is 0 Å². The van der Waals surface area contributed by atoms with Gasteiger partial charge >= 0.3 is 90.5 Å². The second-order valence-electron chi connectivity index (χ2n) is 0.316. The number of hydrogen-bond donors (Lipinski definition) is 0. The topological polar surface area (TPSA) is 0 Å². The molecule has 0 aliphatic rings. The summed E-state index contributed by atoms with van der Waals surface area (Å²) < 4.78 is 1.44. The molecule has 0 aliphatic carbocycles. The average molecular weight is 688 g/mol. The molecule has 0 amide bonds. The molecule has 0 nitrogen and oxygen atoms in total. The van der Waals surface area contributed by atoms with E-state index in [1.54, 1.807) is 0 Å². The van der Waals surface area contributed by atoms with Crippen LogP contribution in [-0.4, -0.2) is 108 Å². The molecule has 0 N–H and O–H groups in total. The Balaban J connectivity index is -0.00000000333. The average Bonchev–Trinajstić information content (AvgIpc) is 0.918. The summed E-state index contributed by atoms with van der Waals surface area (Å²) in [5, 5.41) is 0. The van der Waals surface area contributed by atoms with Crippen molar-refractivity contribution in [3.63, 3.8) is 0 Å². The molecule has 7 heteroatoms. The first-order valence-electron chi connectivity index (χ1n) is 1.02. The van der Waals surface area contributed by atoms with E-state index in [4.69, 9.17) is 0 Å². The van der Waals surface area contributed by atoms with Gasteiger partial charge in [-0.2, -0.15) is 0 Å². The van der Waals surface area contributed by atoms with Crippen LogP contribution >= 0.6 is 0 Å². The van der Waals surface area contributed by atoms with Crippen LogP contribution in [0.25, 0.3) is 0 Å². The van der Waals surface area contributed by atoms with E-state index in [9.17, 15) is 0 Å². The van der Waals surface area contributed by atoms with E-state index in [0.29, 0.717) is 0 Å². The van der Waals surface area contributed by atoms with Gasteiger partial charge in [0.1, 0.15) is 0 Å². The fourth-order valence-electron chi connectivity index (χ4n) is 0. The largest absolute Gasteiger partial charge is 0 e. The predicted molar refractivity (Wildman–Crippen MR) is 52.7 cm³/mol. The minimum Gasteiger partial charge on any atom is 0 e. The number of hydrogen-bond acceptors (Lipinski definition) is 0. The van der Waals surface area contributed by atoms with Crippen molar-refractivity contribution in [2.45, 2.75) is 0 Å². The Bertz CT molecular complexity index is 19.7. The zero-order valence-electron chi connectivity index (χ0n) is 4.28. The summed E-state index contributed by atoms with van der Waals surface area (Å²) in [4.78, 5) is 0. The van der Waals surface area contributed by atoms with Crippen LogP contribution in [-0.2, 0) is 19.5 Å². The third-order valence-corrected chi connectivity index (χ3v) is 0. The van der Waals surface area contributed by atoms with Crippen molar-refractivity contribution in [1.29, 1.82) is 0 Å². The summed E-state index contributed by atoms with van der Waals surface area (Å²) in [5.74, 6) is 0. The van der Waals surface area contributed by atoms with E-state index in [-0.39, 0.29) is 90.3 Å². The van der Waals surface area contributed by atoms with Crippen molar-refractivity contribution in [3.8, 4) is 0 Å². The van der Waals surface area contributed by atoms with Crippen LogP contribution in [0.2, 0.25) is 0 Å². The van der Waals surface area contributed by atoms with Gasteiger partial charge in [-0.15, -0.1) is 0 Å². The fourth-order valence-corrected chi connectivity index (χ4v) is 0. The Kier molecular flexibility index (Phi) is 141. The Labute approximate surface area is 125 Å². The van der Waals surface area contributed by atoms with Crippen molar-refractivity contribution >= 4 is 108 Å². The second kappa shape index (κ2) is 32.3. The summed E-state index contributed by atoms with van der Waals surface area (Å²) in [5.41, 5.74) is 0. The predicted octanol–water partition coefficient (Wildman–Crippen LogP) is -5.77. The standard InChI is InChI=1S/Al.BH5SiTe.Bi.Pb.Zn.8H/c;2-1-3;;;;;;;;;;;/h;1,3H,2H3;;;;;;;;;;;. The summed E-state index contributed by atoms with van der Waals surface area (Å²) in [6.45, 7) is 0. The van der Waals surface area contributed by atoms with Crippen LogP contribution in [0.3, 0.4) is 0 Å². The molecule has 0 saturated carbocycles. The van der Waals surface area contributed by atoms with E-state index in [1.807, 2.05) is 22.1 Å². The van der Waals surface area contributed by atoms with Gasteiger partial charge in [0.2, 0.25) is 0 Å². The normalized spacial score (nSPS) is 2.43. The van der Waals surface area contributed by atoms with Crippen LogP contribution < -0.4 is 0 Å². The van der Waals surface area contributed by atoms with Crippen molar-refractivity contribution in [2.24, 2.45) is 0 Å². The molecule has 40 valence electrons. The van der Waals surface area contributed by atoms with E-state index >= 15 is 0 Å². The van der Waals surface area contributed by atoms with Gasteiger partial charge in [0, 0.05) is 19.5 Å². The Morgan fingerprint density at radius 3 is 1.43 bits per heavy atom. The second-order valence-corrected chi connectivity index (χ2v) is 6.36. The molecule has 2 radical (unpaired) electrons. The molecule has 0 aromatic rings. The minimum absolute atomic E-state index is 0. The molecule has 0 saturated heterocycles. The first kappa shape index (κ1) is 30.5. The van der Waals surface area contributed by atoms with E-state index in [2.05, 4.69) is 0 Å². The van der Waals surface area contributed by atoms with E-state index in [1.165, 1.54) is 14.9 Å². The van der Waals surface area contributed by atoms with Gasteiger partial charge in [-0.05, 0) is 0 Å². The molecular formula is H13AlBBiPbSiTeZn. The molecule has 0 aromatic carbocycles. The third-order valence-electron chi connectivity index (χ3n) is 0. The van der Waals surface area contributed by atoms with Crippen molar-refractivity contribution < 1.29 is 19.5 Å². The fraction of sp³-hybridized carbons (Fsp3) is 0. The smallest absolute Gasteiger partial charge is 0 e. The van der Waals surface area contributed by atoms with Crippen LogP contribution in [0.4, 0.5) is 0 Å². The van der Waals surface area contributed by atoms with Crippen molar-refractivity contribution in [3.05, 3.63) is 0 Å². The maximum absolute atomic E-state index is 1.91. The molecule has 0 aromatic heterocycles. The first-order chi connectivity index (χ1) is 1.41. The van der Waals surface area contributed by atoms with Gasteiger partial charge in [0.15, 0.2) is 17.4 Å². The molecule has 0 fully saturated rings. The molecule has 0 bridgehead atoms. The third kappa shape index (κ3) is 39.8. The Morgan fingerprint density at radius 1 is 1.43 bits per heavy atom. The minimum atomic E-state index is 0. The van der Waals surface area contributed by atoms with Gasteiger partial charge in [-0.3, -0.25) is 0 Å². The summed E-state index contributed by atoms with van der Waals surface area (Å²) in [6, 6.07) is 0. The monoisotopic (exact) mass is 690 g/mol. The SMILES string of the molecule is [AlH3].[BiH3].[PbH2].[SiH3]B[TeH].[Zn]. The summed E-state index contributed by atoms with van der Waals surface area (Å²) in [6.07, 6.45) is 0. The maximum Gasteiger partial charge on any atom is 0 e. The van der Waals surface area contributed by atoms with Crippen molar-refractivity contribution in [1.82, 2.24) is 0 Å². The van der Waals surface area contributed by atoms with Crippen LogP contribution in [0.1, 0.15) is 0 Å². The first-order valence-corrected chi connectivity index (χ1v) is 4.24. The molecule has 7 heavy (non-hydrogen) atoms. The summed E-state index contributed by atoms with van der Waals surface area (Å²) >= 11 is 1.91. The maximum atomic E-state index is 1.91. The quantitative estimate of drug-likeness (QED) is 0.223. The molecular weight excluding hydrogens is 675 g/mol. The van der Waals surface area contributed by atoms with Crippen LogP contribution in [0.5, 0.6) is 0 Å². The Hall–Kier alpha value is 4.03. The zero-order chi connectivity index (χ0) is 2.71. The van der Waals surface area contributed by atoms with Crippen LogP contribution in [0, 0.1) is 0 Å². The molecule has 0 spiro atoms. The van der Waals surface area contributed by atoms with Crippen LogP contribution in [0.15, 0.2) is 0 Å². The number of rotatable bonds is 0. The summed E-state index contributed by atoms with van der Waals surface area (Å²) in [7, 11) is 1.39. The van der Waals surface area contributed by atoms with Crippen molar-refractivity contribution in [2.75, 3.05) is 0 Å². The molecule has 0 heterocycles. The molecule has 0 unspecified atom stereocenters. The van der Waals surface area contributed by atoms with E-state index in [0.717, 1.165) is 0 Å². The van der Waals surface area contributed by atoms with Gasteiger partial charge in [-0.25, -0.2) is 0 Å². The molecule has 0 atom stereocenters. The van der Waals surface area contributed by atoms with Gasteiger partial charge < -0.3 is 0 Å². The Morgan fingerprint density at radius 2 is 1.43 bits per heavy atom. The zero-order valence-corrected chi connectivity index (χ0v) is 22.8. The van der Waals surface area contributed by atoms with Gasteiger partial charge in [0.25, 0.3) is 0 Å².